The van der Waals surface area contributed by atoms with E-state index in [1.807, 2.05) is 6.07 Å². The van der Waals surface area contributed by atoms with Crippen molar-refractivity contribution >= 4 is 11.6 Å². The summed E-state index contributed by atoms with van der Waals surface area (Å²) in [6.45, 7) is 0. The predicted molar refractivity (Wildman–Crippen MR) is 22.1 cm³/mol. The van der Waals surface area contributed by atoms with Crippen molar-refractivity contribution in [3.8, 4) is 6.07 Å². The van der Waals surface area contributed by atoms with Gasteiger partial charge in [-0.05, 0) is 0 Å². The van der Waals surface area contributed by atoms with Crippen LogP contribution in [0, 0.1) is 11.3 Å². The summed E-state index contributed by atoms with van der Waals surface area (Å²) in [5.74, 6) is 0.455. The van der Waals surface area contributed by atoms with E-state index < -0.39 is 0 Å². The van der Waals surface area contributed by atoms with Crippen molar-refractivity contribution in [2.45, 2.75) is 6.42 Å². The fourth-order valence-electron chi connectivity index (χ4n) is 0.0423. The molecule has 0 N–H and O–H groups in total. The number of hydrogen-bond acceptors (Lipinski definition) is 1. The molecule has 0 rings (SSSR count). The van der Waals surface area contributed by atoms with E-state index in [9.17, 15) is 0 Å². The summed E-state index contributed by atoms with van der Waals surface area (Å²) < 4.78 is 0. The highest BCUT2D eigenvalue weighted by atomic mass is 35.5. The molecule has 0 saturated carbocycles. The molecule has 0 aromatic rings. The molecule has 0 amide bonds. The quantitative estimate of drug-likeness (QED) is 0.382. The van der Waals surface area contributed by atoms with E-state index in [1.54, 1.807) is 0 Å². The molecule has 36 valence electrons. The Labute approximate surface area is 49.8 Å². The van der Waals surface area contributed by atoms with Gasteiger partial charge in [0.1, 0.15) is 0 Å². The van der Waals surface area contributed by atoms with E-state index >= 15 is 0 Å². The lowest BCUT2D eigenvalue weighted by atomic mass is 10.6. The molecule has 1 nitrogen and oxygen atoms in total. The van der Waals surface area contributed by atoms with Gasteiger partial charge in [0.05, 0.1) is 6.07 Å². The molecule has 0 aliphatic rings. The highest BCUT2D eigenvalue weighted by Crippen LogP contribution is 1.76. The van der Waals surface area contributed by atoms with Gasteiger partial charge in [-0.25, -0.2) is 0 Å². The first-order valence-electron chi connectivity index (χ1n) is 1.34. The van der Waals surface area contributed by atoms with Crippen LogP contribution in [0.4, 0.5) is 0 Å². The lowest BCUT2D eigenvalue weighted by molar-refractivity contribution is -0.00000127. The number of alkyl halides is 1. The molecule has 0 heterocycles. The lowest BCUT2D eigenvalue weighted by Crippen LogP contribution is -3.00. The van der Waals surface area contributed by atoms with Crippen LogP contribution >= 0.6 is 11.6 Å². The summed E-state index contributed by atoms with van der Waals surface area (Å²) in [6.07, 6.45) is 0.460. The lowest BCUT2D eigenvalue weighted by Gasteiger charge is -1.63. The number of hydrogen-bond donors (Lipinski definition) is 0. The molecule has 0 unspecified atom stereocenters. The highest BCUT2D eigenvalue weighted by Gasteiger charge is 1.67. The maximum atomic E-state index is 7.73. The summed E-state index contributed by atoms with van der Waals surface area (Å²) >= 11 is 5.08. The van der Waals surface area contributed by atoms with E-state index in [-0.39, 0.29) is 13.8 Å². The van der Waals surface area contributed by atoms with Crippen LogP contribution in [-0.4, -0.2) is 5.88 Å². The van der Waals surface area contributed by atoms with Crippen LogP contribution in [0.1, 0.15) is 7.85 Å². The minimum Gasteiger partial charge on any atom is -1.00 e. The number of nitrogens with zero attached hydrogens (tertiary/aromatic N) is 1. The minimum absolute atomic E-state index is 0. The minimum atomic E-state index is 0. The number of nitriles is 1. The summed E-state index contributed by atoms with van der Waals surface area (Å²) in [6, 6.07) is 1.89. The normalized spacial score (nSPS) is 5.33. The van der Waals surface area contributed by atoms with E-state index in [1.165, 1.54) is 0 Å². The van der Waals surface area contributed by atoms with Crippen LogP contribution in [0.3, 0.4) is 0 Å². The van der Waals surface area contributed by atoms with Gasteiger partial charge in [-0.2, -0.15) is 5.26 Å². The summed E-state index contributed by atoms with van der Waals surface area (Å²) in [5.41, 5.74) is 0. The third kappa shape index (κ3) is 8.95. The van der Waals surface area contributed by atoms with E-state index in [0.29, 0.717) is 12.3 Å². The molecule has 0 atom stereocenters. The first kappa shape index (κ1) is 9.42. The summed E-state index contributed by atoms with van der Waals surface area (Å²) in [7, 11) is 0. The largest absolute Gasteiger partial charge is 1.00 e. The first-order valence-corrected chi connectivity index (χ1v) is 1.88. The van der Waals surface area contributed by atoms with Crippen molar-refractivity contribution in [3.05, 3.63) is 0 Å². The fourth-order valence-corrected chi connectivity index (χ4v) is 0.127. The molecule has 0 aromatic heterocycles. The van der Waals surface area contributed by atoms with Gasteiger partial charge >= 0.3 is 1.43 Å². The number of halogens is 2. The van der Waals surface area contributed by atoms with E-state index in [4.69, 9.17) is 16.9 Å². The van der Waals surface area contributed by atoms with Crippen molar-refractivity contribution in [2.75, 3.05) is 5.88 Å². The van der Waals surface area contributed by atoms with Gasteiger partial charge in [0, 0.05) is 12.3 Å². The maximum Gasteiger partial charge on any atom is 1.00 e. The average Bonchev–Trinajstić information content (AvgIpc) is 1.41. The Bertz CT molecular complexity index is 51.4. The maximum absolute atomic E-state index is 7.73. The zero-order valence-corrected chi connectivity index (χ0v) is 4.63. The van der Waals surface area contributed by atoms with Crippen LogP contribution in [-0.2, 0) is 0 Å². The molecular formula is C3H5Cl2N. The SMILES string of the molecule is N#CCCCl.[Cl-].[H+]. The van der Waals surface area contributed by atoms with Gasteiger partial charge in [-0.3, -0.25) is 0 Å². The Morgan fingerprint density at radius 1 is 1.83 bits per heavy atom. The van der Waals surface area contributed by atoms with Gasteiger partial charge in [0.2, 0.25) is 0 Å². The van der Waals surface area contributed by atoms with Crippen molar-refractivity contribution in [1.29, 1.82) is 5.26 Å². The first-order chi connectivity index (χ1) is 2.41. The van der Waals surface area contributed by atoms with Crippen LogP contribution in [0.25, 0.3) is 0 Å². The van der Waals surface area contributed by atoms with Crippen LogP contribution in [0.15, 0.2) is 0 Å². The molecule has 0 aliphatic heterocycles. The third-order valence-corrected chi connectivity index (χ3v) is 0.395. The number of rotatable bonds is 1. The summed E-state index contributed by atoms with van der Waals surface area (Å²) in [4.78, 5) is 0. The second kappa shape index (κ2) is 8.91. The average molecular weight is 126 g/mol. The van der Waals surface area contributed by atoms with Gasteiger partial charge in [-0.15, -0.1) is 11.6 Å². The fraction of sp³-hybridized carbons (Fsp3) is 0.667. The zero-order valence-electron chi connectivity index (χ0n) is 4.12. The standard InChI is InChI=1S/C3H4ClN.ClH/c4-2-1-3-5;/h1-2H2;1H. The molecule has 6 heavy (non-hydrogen) atoms. The molecule has 0 spiro atoms. The van der Waals surface area contributed by atoms with E-state index in [2.05, 4.69) is 0 Å². The smallest absolute Gasteiger partial charge is 1.00 e. The third-order valence-electron chi connectivity index (χ3n) is 0.206. The molecule has 0 fully saturated rings. The van der Waals surface area contributed by atoms with Crippen molar-refractivity contribution in [1.82, 2.24) is 0 Å². The van der Waals surface area contributed by atoms with Crippen LogP contribution in [0.5, 0.6) is 0 Å². The Kier molecular flexibility index (Phi) is 14.0. The Morgan fingerprint density at radius 2 is 2.33 bits per heavy atom. The van der Waals surface area contributed by atoms with Crippen molar-refractivity contribution in [3.63, 3.8) is 0 Å². The van der Waals surface area contributed by atoms with Crippen molar-refractivity contribution in [2.24, 2.45) is 0 Å². The molecule has 3 heteroatoms. The molecule has 0 radical (unpaired) electrons. The Hall–Kier alpha value is 0.0700. The predicted octanol–water partition coefficient (Wildman–Crippen LogP) is -1.74. The second-order valence-electron chi connectivity index (χ2n) is 0.597. The monoisotopic (exact) mass is 125 g/mol. The van der Waals surface area contributed by atoms with Gasteiger partial charge < -0.3 is 12.4 Å². The molecule has 0 aromatic carbocycles. The molecular weight excluding hydrogens is 121 g/mol. The Morgan fingerprint density at radius 3 is 2.33 bits per heavy atom. The van der Waals surface area contributed by atoms with Crippen LogP contribution in [0.2, 0.25) is 0 Å². The molecule has 0 bridgehead atoms. The molecule has 0 saturated heterocycles. The van der Waals surface area contributed by atoms with Crippen LogP contribution < -0.4 is 12.4 Å². The van der Waals surface area contributed by atoms with Gasteiger partial charge in [0.15, 0.2) is 0 Å². The Balaban J connectivity index is -0.0000000800. The topological polar surface area (TPSA) is 23.8 Å². The zero-order chi connectivity index (χ0) is 4.12. The second-order valence-corrected chi connectivity index (χ2v) is 0.975. The molecule has 0 aliphatic carbocycles. The summed E-state index contributed by atoms with van der Waals surface area (Å²) in [5, 5.41) is 7.73. The van der Waals surface area contributed by atoms with Gasteiger partial charge in [-0.1, -0.05) is 0 Å². The highest BCUT2D eigenvalue weighted by molar-refractivity contribution is 6.17. The van der Waals surface area contributed by atoms with E-state index in [0.717, 1.165) is 0 Å². The van der Waals surface area contributed by atoms with Gasteiger partial charge in [0.25, 0.3) is 0 Å². The van der Waals surface area contributed by atoms with Crippen molar-refractivity contribution < 1.29 is 13.8 Å².